The summed E-state index contributed by atoms with van der Waals surface area (Å²) >= 11 is 0. The van der Waals surface area contributed by atoms with E-state index in [1.54, 1.807) is 9.73 Å². The van der Waals surface area contributed by atoms with Gasteiger partial charge in [0.05, 0.1) is 44.2 Å². The van der Waals surface area contributed by atoms with Crippen molar-refractivity contribution in [2.75, 3.05) is 40.2 Å². The third kappa shape index (κ3) is 6.80. The van der Waals surface area contributed by atoms with Gasteiger partial charge in [-0.3, -0.25) is 29.8 Å². The zero-order valence-electron chi connectivity index (χ0n) is 22.8. The third-order valence-electron chi connectivity index (χ3n) is 6.06. The molecule has 0 aliphatic carbocycles. The highest BCUT2D eigenvalue weighted by Gasteiger charge is 2.26. The zero-order valence-corrected chi connectivity index (χ0v) is 24.4. The van der Waals surface area contributed by atoms with Gasteiger partial charge in [0, 0.05) is 25.2 Å². The summed E-state index contributed by atoms with van der Waals surface area (Å²) in [5.41, 5.74) is -5.49. The van der Waals surface area contributed by atoms with Gasteiger partial charge in [-0.15, -0.1) is 0 Å². The molecule has 4 N–H and O–H groups in total. The molecule has 1 aliphatic heterocycles. The maximum absolute atomic E-state index is 13.5. The summed E-state index contributed by atoms with van der Waals surface area (Å²) in [6.45, 7) is 1.23. The highest BCUT2D eigenvalue weighted by atomic mass is 32.2. The SMILES string of the molecule is CS(=O)(=O)Nn1c(=O)[nH]c2cc([N+](=O)[O-])c(F)cc2c1=O.CS(=O)(=O)Nn1c(=O)[nH]c2cc([N+](=O)[O-])c(N3CCC3)cc2c1=O. The second-order valence-electron chi connectivity index (χ2n) is 9.46. The Balaban J connectivity index is 0.000000207. The lowest BCUT2D eigenvalue weighted by Gasteiger charge is -2.32. The molecule has 240 valence electrons. The molecule has 0 radical (unpaired) electrons. The lowest BCUT2D eigenvalue weighted by molar-refractivity contribution is -0.387. The number of benzene rings is 2. The molecule has 45 heavy (non-hydrogen) atoms. The smallest absolute Gasteiger partial charge is 0.348 e. The number of fused-ring (bicyclic) bond motifs is 2. The largest absolute Gasteiger partial charge is 0.366 e. The van der Waals surface area contributed by atoms with E-state index < -0.39 is 69.3 Å². The Morgan fingerprint density at radius 2 is 1.18 bits per heavy atom. The molecular formula is C21H20FN9O12S2. The summed E-state index contributed by atoms with van der Waals surface area (Å²) in [6.07, 6.45) is 2.38. The summed E-state index contributed by atoms with van der Waals surface area (Å²) in [5, 5.41) is 21.4. The number of hydrogen-bond donors (Lipinski definition) is 4. The minimum Gasteiger partial charge on any atom is -0.366 e. The zero-order chi connectivity index (χ0) is 33.6. The fraction of sp³-hybridized carbons (Fsp3) is 0.238. The van der Waals surface area contributed by atoms with Crippen molar-refractivity contribution in [2.45, 2.75) is 6.42 Å². The van der Waals surface area contributed by atoms with Crippen molar-refractivity contribution in [1.82, 2.24) is 19.3 Å². The van der Waals surface area contributed by atoms with Gasteiger partial charge in [-0.2, -0.15) is 13.7 Å². The van der Waals surface area contributed by atoms with Crippen LogP contribution in [-0.4, -0.2) is 71.6 Å². The van der Waals surface area contributed by atoms with Crippen LogP contribution in [0.4, 0.5) is 21.5 Å². The van der Waals surface area contributed by atoms with Gasteiger partial charge in [0.15, 0.2) is 0 Å². The van der Waals surface area contributed by atoms with E-state index in [1.807, 2.05) is 4.83 Å². The van der Waals surface area contributed by atoms with Gasteiger partial charge < -0.3 is 14.9 Å². The average Bonchev–Trinajstić information content (AvgIpc) is 2.87. The number of nitro groups is 2. The number of nitrogens with one attached hydrogen (secondary N) is 4. The van der Waals surface area contributed by atoms with Crippen molar-refractivity contribution >= 4 is 58.9 Å². The van der Waals surface area contributed by atoms with Crippen molar-refractivity contribution in [3.05, 3.63) is 92.0 Å². The van der Waals surface area contributed by atoms with E-state index in [-0.39, 0.29) is 32.5 Å². The number of anilines is 1. The molecule has 24 heteroatoms. The van der Waals surface area contributed by atoms with Gasteiger partial charge in [-0.1, -0.05) is 0 Å². The fourth-order valence-corrected chi connectivity index (χ4v) is 5.06. The third-order valence-corrected chi connectivity index (χ3v) is 7.09. The van der Waals surface area contributed by atoms with Crippen molar-refractivity contribution in [3.8, 4) is 0 Å². The Kier molecular flexibility index (Phi) is 8.21. The Hall–Kier alpha value is -5.65. The number of aromatic amines is 2. The molecule has 4 aromatic rings. The van der Waals surface area contributed by atoms with Crippen LogP contribution < -0.4 is 37.1 Å². The van der Waals surface area contributed by atoms with E-state index >= 15 is 0 Å². The van der Waals surface area contributed by atoms with E-state index in [0.29, 0.717) is 36.2 Å². The number of H-pyrrole nitrogens is 2. The lowest BCUT2D eigenvalue weighted by atomic mass is 10.1. The Morgan fingerprint density at radius 3 is 1.56 bits per heavy atom. The molecule has 0 bridgehead atoms. The minimum atomic E-state index is -3.93. The van der Waals surface area contributed by atoms with Gasteiger partial charge in [0.1, 0.15) is 5.69 Å². The molecule has 1 fully saturated rings. The molecule has 5 rings (SSSR count). The first-order valence-corrected chi connectivity index (χ1v) is 15.9. The molecule has 21 nitrogen and oxygen atoms in total. The average molecular weight is 674 g/mol. The molecule has 0 atom stereocenters. The molecule has 2 aromatic carbocycles. The molecule has 0 saturated carbocycles. The number of halogens is 1. The van der Waals surface area contributed by atoms with E-state index in [4.69, 9.17) is 0 Å². The minimum absolute atomic E-state index is 0.0294. The summed E-state index contributed by atoms with van der Waals surface area (Å²) in [5.74, 6) is -1.29. The van der Waals surface area contributed by atoms with E-state index in [0.717, 1.165) is 18.7 Å². The fourth-order valence-electron chi connectivity index (χ4n) is 4.06. The van der Waals surface area contributed by atoms with Crippen LogP contribution >= 0.6 is 0 Å². The van der Waals surface area contributed by atoms with Crippen LogP contribution in [0.3, 0.4) is 0 Å². The van der Waals surface area contributed by atoms with Crippen molar-refractivity contribution < 1.29 is 31.1 Å². The van der Waals surface area contributed by atoms with Crippen LogP contribution in [0.25, 0.3) is 21.8 Å². The van der Waals surface area contributed by atoms with Crippen LogP contribution in [0, 0.1) is 26.0 Å². The van der Waals surface area contributed by atoms with Gasteiger partial charge in [0.25, 0.3) is 16.8 Å². The molecule has 0 unspecified atom stereocenters. The first-order valence-electron chi connectivity index (χ1n) is 12.1. The molecule has 0 amide bonds. The molecule has 1 saturated heterocycles. The molecule has 0 spiro atoms. The van der Waals surface area contributed by atoms with E-state index in [2.05, 4.69) is 9.97 Å². The maximum atomic E-state index is 13.5. The highest BCUT2D eigenvalue weighted by Crippen LogP contribution is 2.33. The van der Waals surface area contributed by atoms with E-state index in [9.17, 15) is 60.6 Å². The lowest BCUT2D eigenvalue weighted by Crippen LogP contribution is -2.43. The van der Waals surface area contributed by atoms with Gasteiger partial charge in [-0.25, -0.2) is 36.1 Å². The van der Waals surface area contributed by atoms with Gasteiger partial charge in [-0.05, 0) is 18.6 Å². The van der Waals surface area contributed by atoms with Crippen LogP contribution in [-0.2, 0) is 20.0 Å². The summed E-state index contributed by atoms with van der Waals surface area (Å²) in [7, 11) is -7.79. The molecule has 3 heterocycles. The standard InChI is InChI=1S/C12H13N5O6S.C9H7FN4O6S/c1-24(22,23)14-16-11(18)7-5-9(15-3-2-4-15)10(17(20)21)6-8(7)13-12(16)19;1-21(19,20)12-13-8(15)4-2-5(10)7(14(17)18)3-6(4)11-9(13)16/h5-6,14H,2-4H2,1H3,(H,13,19);2-3,12H,1H3,(H,11,16). The number of nitro benzene ring substituents is 2. The second kappa shape index (κ2) is 11.5. The maximum Gasteiger partial charge on any atom is 0.348 e. The summed E-state index contributed by atoms with van der Waals surface area (Å²) < 4.78 is 58.7. The number of aromatic nitrogens is 4. The second-order valence-corrected chi connectivity index (χ2v) is 12.9. The molecule has 1 aliphatic rings. The summed E-state index contributed by atoms with van der Waals surface area (Å²) in [4.78, 5) is 77.6. The first-order chi connectivity index (χ1) is 20.8. The Morgan fingerprint density at radius 1 is 0.756 bits per heavy atom. The summed E-state index contributed by atoms with van der Waals surface area (Å²) in [6, 6.07) is 3.63. The number of nitrogens with zero attached hydrogens (tertiary/aromatic N) is 5. The van der Waals surface area contributed by atoms with Crippen LogP contribution in [0.2, 0.25) is 0 Å². The predicted molar refractivity (Wildman–Crippen MR) is 156 cm³/mol. The van der Waals surface area contributed by atoms with Crippen molar-refractivity contribution in [3.63, 3.8) is 0 Å². The van der Waals surface area contributed by atoms with E-state index in [1.165, 1.54) is 6.07 Å². The monoisotopic (exact) mass is 673 g/mol. The number of rotatable bonds is 7. The van der Waals surface area contributed by atoms with Crippen molar-refractivity contribution in [1.29, 1.82) is 0 Å². The normalized spacial score (nSPS) is 13.1. The van der Waals surface area contributed by atoms with Crippen molar-refractivity contribution in [2.24, 2.45) is 0 Å². The van der Waals surface area contributed by atoms with Gasteiger partial charge in [0.2, 0.25) is 25.9 Å². The van der Waals surface area contributed by atoms with Gasteiger partial charge >= 0.3 is 17.1 Å². The van der Waals surface area contributed by atoms with Crippen LogP contribution in [0.15, 0.2) is 43.4 Å². The number of sulfonamides is 2. The number of hydrogen-bond acceptors (Lipinski definition) is 13. The molecular weight excluding hydrogens is 653 g/mol. The van der Waals surface area contributed by atoms with Crippen LogP contribution in [0.5, 0.6) is 0 Å². The predicted octanol–water partition coefficient (Wildman–Crippen LogP) is -1.45. The van der Waals surface area contributed by atoms with Crippen LogP contribution in [0.1, 0.15) is 6.42 Å². The Labute approximate surface area is 247 Å². The first kappa shape index (κ1) is 32.3. The quantitative estimate of drug-likeness (QED) is 0.129. The Bertz CT molecular complexity index is 2380. The molecule has 2 aromatic heterocycles. The highest BCUT2D eigenvalue weighted by molar-refractivity contribution is 7.91. The topological polar surface area (TPSA) is 292 Å².